The molecule has 3 heteroatoms. The Bertz CT molecular complexity index is 438. The maximum Gasteiger partial charge on any atom is 0.179 e. The molecule has 0 radical (unpaired) electrons. The number of ketones is 1. The second-order valence-electron chi connectivity index (χ2n) is 5.93. The Morgan fingerprint density at radius 3 is 2.44 bits per heavy atom. The number of likely N-dealkylation sites (tertiary alicyclic amines) is 1. The van der Waals surface area contributed by atoms with Crippen molar-refractivity contribution in [1.82, 2.24) is 4.90 Å². The molecule has 1 unspecified atom stereocenters. The van der Waals surface area contributed by atoms with E-state index in [4.69, 9.17) is 0 Å². The molecule has 2 rings (SSSR count). The quantitative estimate of drug-likeness (QED) is 0.767. The van der Waals surface area contributed by atoms with E-state index in [-0.39, 0.29) is 23.1 Å². The molecule has 1 aromatic rings. The second kappa shape index (κ2) is 4.81. The highest BCUT2D eigenvalue weighted by Crippen LogP contribution is 2.30. The average molecular weight is 249 g/mol. The number of carbonyl (C=O) groups is 1. The second-order valence-corrected chi connectivity index (χ2v) is 5.93. The first kappa shape index (κ1) is 13.2. The number of benzene rings is 1. The van der Waals surface area contributed by atoms with Gasteiger partial charge in [0.15, 0.2) is 5.78 Å². The first-order chi connectivity index (χ1) is 8.39. The Kier molecular flexibility index (Phi) is 3.53. The third-order valence-electron chi connectivity index (χ3n) is 3.76. The van der Waals surface area contributed by atoms with Gasteiger partial charge in [-0.15, -0.1) is 0 Å². The molecule has 18 heavy (non-hydrogen) atoms. The molecule has 0 aromatic heterocycles. The Hall–Kier alpha value is -1.22. The van der Waals surface area contributed by atoms with Crippen LogP contribution in [0.3, 0.4) is 0 Å². The van der Waals surface area contributed by atoms with Crippen LogP contribution in [0.5, 0.6) is 0 Å². The van der Waals surface area contributed by atoms with E-state index in [0.717, 1.165) is 19.5 Å². The molecule has 0 aliphatic carbocycles. The minimum atomic E-state index is -0.304. The van der Waals surface area contributed by atoms with E-state index >= 15 is 0 Å². The van der Waals surface area contributed by atoms with Gasteiger partial charge in [0, 0.05) is 12.1 Å². The van der Waals surface area contributed by atoms with Crippen molar-refractivity contribution in [3.63, 3.8) is 0 Å². The molecule has 1 saturated heterocycles. The van der Waals surface area contributed by atoms with Crippen molar-refractivity contribution in [2.45, 2.75) is 33.2 Å². The van der Waals surface area contributed by atoms with E-state index in [9.17, 15) is 9.18 Å². The number of halogens is 1. The molecule has 0 N–H and O–H groups in total. The van der Waals surface area contributed by atoms with Crippen molar-refractivity contribution in [2.75, 3.05) is 13.1 Å². The normalized spacial score (nSPS) is 20.9. The summed E-state index contributed by atoms with van der Waals surface area (Å²) < 4.78 is 12.8. The van der Waals surface area contributed by atoms with E-state index in [0.29, 0.717) is 5.56 Å². The first-order valence-corrected chi connectivity index (χ1v) is 6.43. The fraction of sp³-hybridized carbons (Fsp3) is 0.533. The van der Waals surface area contributed by atoms with Crippen LogP contribution in [-0.4, -0.2) is 29.8 Å². The molecular weight excluding hydrogens is 229 g/mol. The van der Waals surface area contributed by atoms with Crippen molar-refractivity contribution >= 4 is 5.78 Å². The number of carbonyl (C=O) groups excluding carboxylic acids is 1. The largest absolute Gasteiger partial charge is 0.293 e. The number of hydrogen-bond donors (Lipinski definition) is 0. The molecule has 1 heterocycles. The van der Waals surface area contributed by atoms with Gasteiger partial charge in [-0.05, 0) is 49.6 Å². The fourth-order valence-corrected chi connectivity index (χ4v) is 2.51. The predicted octanol–water partition coefficient (Wildman–Crippen LogP) is 3.13. The van der Waals surface area contributed by atoms with Crippen LogP contribution in [0.1, 0.15) is 37.6 Å². The summed E-state index contributed by atoms with van der Waals surface area (Å²) in [6.45, 7) is 8.29. The van der Waals surface area contributed by atoms with Crippen molar-refractivity contribution in [3.8, 4) is 0 Å². The SMILES string of the molecule is CC(C(=O)c1ccc(F)cc1)N1CCC(C)(C)C1. The smallest absolute Gasteiger partial charge is 0.179 e. The third-order valence-corrected chi connectivity index (χ3v) is 3.76. The van der Waals surface area contributed by atoms with Gasteiger partial charge in [-0.1, -0.05) is 13.8 Å². The number of hydrogen-bond acceptors (Lipinski definition) is 2. The molecule has 1 aliphatic rings. The Morgan fingerprint density at radius 2 is 1.94 bits per heavy atom. The zero-order chi connectivity index (χ0) is 13.3. The van der Waals surface area contributed by atoms with Crippen molar-refractivity contribution < 1.29 is 9.18 Å². The first-order valence-electron chi connectivity index (χ1n) is 6.43. The monoisotopic (exact) mass is 249 g/mol. The van der Waals surface area contributed by atoms with E-state index in [1.165, 1.54) is 12.1 Å². The Labute approximate surface area is 108 Å². The average Bonchev–Trinajstić information content (AvgIpc) is 2.69. The fourth-order valence-electron chi connectivity index (χ4n) is 2.51. The van der Waals surface area contributed by atoms with Gasteiger partial charge < -0.3 is 0 Å². The molecule has 1 atom stereocenters. The molecule has 1 aromatic carbocycles. The van der Waals surface area contributed by atoms with Crippen molar-refractivity contribution in [2.24, 2.45) is 5.41 Å². The van der Waals surface area contributed by atoms with Gasteiger partial charge in [-0.2, -0.15) is 0 Å². The van der Waals surface area contributed by atoms with Gasteiger partial charge in [-0.25, -0.2) is 4.39 Å². The van der Waals surface area contributed by atoms with Crippen LogP contribution in [-0.2, 0) is 0 Å². The highest BCUT2D eigenvalue weighted by atomic mass is 19.1. The van der Waals surface area contributed by atoms with Crippen LogP contribution in [0.4, 0.5) is 4.39 Å². The molecular formula is C15H20FNO. The maximum atomic E-state index is 12.8. The summed E-state index contributed by atoms with van der Waals surface area (Å²) in [4.78, 5) is 14.5. The molecule has 1 fully saturated rings. The van der Waals surface area contributed by atoms with Gasteiger partial charge in [0.2, 0.25) is 0 Å². The molecule has 2 nitrogen and oxygen atoms in total. The summed E-state index contributed by atoms with van der Waals surface area (Å²) in [5, 5.41) is 0. The van der Waals surface area contributed by atoms with E-state index < -0.39 is 0 Å². The molecule has 98 valence electrons. The van der Waals surface area contributed by atoms with Gasteiger partial charge in [0.25, 0.3) is 0 Å². The molecule has 0 saturated carbocycles. The summed E-state index contributed by atoms with van der Waals surface area (Å²) in [7, 11) is 0. The third kappa shape index (κ3) is 2.78. The van der Waals surface area contributed by atoms with Crippen LogP contribution in [0.25, 0.3) is 0 Å². The lowest BCUT2D eigenvalue weighted by Gasteiger charge is -2.25. The van der Waals surface area contributed by atoms with Crippen LogP contribution >= 0.6 is 0 Å². The van der Waals surface area contributed by atoms with Gasteiger partial charge in [0.05, 0.1) is 6.04 Å². The van der Waals surface area contributed by atoms with E-state index in [1.807, 2.05) is 6.92 Å². The van der Waals surface area contributed by atoms with Crippen LogP contribution in [0.15, 0.2) is 24.3 Å². The summed E-state index contributed by atoms with van der Waals surface area (Å²) >= 11 is 0. The summed E-state index contributed by atoms with van der Waals surface area (Å²) in [5.41, 5.74) is 0.880. The summed E-state index contributed by atoms with van der Waals surface area (Å²) in [5.74, 6) is -0.228. The summed E-state index contributed by atoms with van der Waals surface area (Å²) in [6, 6.07) is 5.68. The number of rotatable bonds is 3. The number of Topliss-reactive ketones (excluding diaryl/α,β-unsaturated/α-hetero) is 1. The van der Waals surface area contributed by atoms with Gasteiger partial charge in [0.1, 0.15) is 5.82 Å². The lowest BCUT2D eigenvalue weighted by molar-refractivity contribution is 0.0857. The maximum absolute atomic E-state index is 12.8. The highest BCUT2D eigenvalue weighted by Gasteiger charge is 2.34. The highest BCUT2D eigenvalue weighted by molar-refractivity contribution is 5.99. The molecule has 0 bridgehead atoms. The Morgan fingerprint density at radius 1 is 1.33 bits per heavy atom. The predicted molar refractivity (Wildman–Crippen MR) is 70.2 cm³/mol. The standard InChI is InChI=1S/C15H20FNO/c1-11(17-9-8-15(2,3)10-17)14(18)12-4-6-13(16)7-5-12/h4-7,11H,8-10H2,1-3H3. The summed E-state index contributed by atoms with van der Waals surface area (Å²) in [6.07, 6.45) is 1.12. The lowest BCUT2D eigenvalue weighted by atomic mass is 9.93. The van der Waals surface area contributed by atoms with Gasteiger partial charge >= 0.3 is 0 Å². The van der Waals surface area contributed by atoms with Crippen LogP contribution < -0.4 is 0 Å². The minimum absolute atomic E-state index is 0.0766. The zero-order valence-corrected chi connectivity index (χ0v) is 11.2. The minimum Gasteiger partial charge on any atom is -0.293 e. The zero-order valence-electron chi connectivity index (χ0n) is 11.2. The van der Waals surface area contributed by atoms with E-state index in [2.05, 4.69) is 18.7 Å². The molecule has 0 amide bonds. The topological polar surface area (TPSA) is 20.3 Å². The Balaban J connectivity index is 2.07. The molecule has 0 spiro atoms. The van der Waals surface area contributed by atoms with E-state index in [1.54, 1.807) is 12.1 Å². The lowest BCUT2D eigenvalue weighted by Crippen LogP contribution is -2.38. The van der Waals surface area contributed by atoms with Crippen molar-refractivity contribution in [3.05, 3.63) is 35.6 Å². The van der Waals surface area contributed by atoms with Gasteiger partial charge in [-0.3, -0.25) is 9.69 Å². The molecule has 1 aliphatic heterocycles. The van der Waals surface area contributed by atoms with Crippen LogP contribution in [0, 0.1) is 11.2 Å². The van der Waals surface area contributed by atoms with Crippen molar-refractivity contribution in [1.29, 1.82) is 0 Å². The van der Waals surface area contributed by atoms with Crippen LogP contribution in [0.2, 0.25) is 0 Å². The number of nitrogens with zero attached hydrogens (tertiary/aromatic N) is 1.